The van der Waals surface area contributed by atoms with Gasteiger partial charge in [0, 0.05) is 17.7 Å². The van der Waals surface area contributed by atoms with Crippen LogP contribution in [0.1, 0.15) is 78.7 Å². The zero-order valence-electron chi connectivity index (χ0n) is 21.0. The summed E-state index contributed by atoms with van der Waals surface area (Å²) in [4.78, 5) is 25.0. The van der Waals surface area contributed by atoms with Crippen LogP contribution in [0, 0.1) is 41.9 Å². The minimum Gasteiger partial charge on any atom is -0.438 e. The van der Waals surface area contributed by atoms with E-state index in [2.05, 4.69) is 11.4 Å². The first-order valence-electron chi connectivity index (χ1n) is 12.4. The fourth-order valence-electron chi connectivity index (χ4n) is 6.47. The molecule has 0 spiro atoms. The summed E-state index contributed by atoms with van der Waals surface area (Å²) in [6.07, 6.45) is 7.53. The van der Waals surface area contributed by atoms with Crippen molar-refractivity contribution in [3.63, 3.8) is 0 Å². The van der Waals surface area contributed by atoms with Crippen LogP contribution in [0.4, 0.5) is 5.95 Å². The highest BCUT2D eigenvalue weighted by Crippen LogP contribution is 2.67. The molecule has 5 aliphatic rings. The Morgan fingerprint density at radius 1 is 1.14 bits per heavy atom. The molecule has 2 bridgehead atoms. The molecule has 4 saturated carbocycles. The monoisotopic (exact) mass is 480 g/mol. The van der Waals surface area contributed by atoms with Crippen LogP contribution in [0.5, 0.6) is 11.6 Å². The maximum absolute atomic E-state index is 13.6. The second kappa shape index (κ2) is 7.30. The predicted octanol–water partition coefficient (Wildman–Crippen LogP) is 5.13. The summed E-state index contributed by atoms with van der Waals surface area (Å²) in [5, 5.41) is 21.7. The van der Waals surface area contributed by atoms with Gasteiger partial charge in [0.2, 0.25) is 11.8 Å². The molecule has 0 unspecified atom stereocenters. The number of anilines is 1. The maximum Gasteiger partial charge on any atom is 0.274 e. The molecule has 0 radical (unpaired) electrons. The van der Waals surface area contributed by atoms with Crippen molar-refractivity contribution >= 4 is 17.9 Å². The topological polar surface area (TPSA) is 115 Å². The molecule has 1 aromatic carbocycles. The van der Waals surface area contributed by atoms with Gasteiger partial charge in [0.25, 0.3) is 5.91 Å². The van der Waals surface area contributed by atoms with Gasteiger partial charge in [0.1, 0.15) is 11.4 Å². The highest BCUT2D eigenvalue weighted by Gasteiger charge is 2.69. The largest absolute Gasteiger partial charge is 0.438 e. The molecule has 4 aliphatic carbocycles. The van der Waals surface area contributed by atoms with Gasteiger partial charge in [0.15, 0.2) is 0 Å². The van der Waals surface area contributed by atoms with Crippen LogP contribution in [-0.4, -0.2) is 32.4 Å². The number of nitrogens with zero attached hydrogens (tertiary/aromatic N) is 5. The number of fused-ring (bicyclic) bond motifs is 1. The molecule has 1 aliphatic heterocycles. The van der Waals surface area contributed by atoms with Crippen LogP contribution in [0.25, 0.3) is 6.08 Å². The summed E-state index contributed by atoms with van der Waals surface area (Å²) >= 11 is 0. The average molecular weight is 481 g/mol. The van der Waals surface area contributed by atoms with Gasteiger partial charge in [-0.3, -0.25) is 4.79 Å². The van der Waals surface area contributed by atoms with Gasteiger partial charge in [0.05, 0.1) is 28.7 Å². The minimum absolute atomic E-state index is 0.0793. The molecule has 8 heteroatoms. The summed E-state index contributed by atoms with van der Waals surface area (Å²) < 4.78 is 6.52. The third kappa shape index (κ3) is 3.21. The first-order valence-corrected chi connectivity index (χ1v) is 12.4. The Bertz CT molecular complexity index is 1400. The van der Waals surface area contributed by atoms with Crippen LogP contribution >= 0.6 is 0 Å². The molecular weight excluding hydrogens is 452 g/mol. The van der Waals surface area contributed by atoms with E-state index in [9.17, 15) is 10.1 Å². The summed E-state index contributed by atoms with van der Waals surface area (Å²) in [6.45, 7) is 7.99. The Kier molecular flexibility index (Phi) is 4.57. The van der Waals surface area contributed by atoms with E-state index in [1.807, 2.05) is 50.8 Å². The lowest BCUT2D eigenvalue weighted by atomic mass is 9.40. The van der Waals surface area contributed by atoms with Crippen molar-refractivity contribution in [2.45, 2.75) is 76.9 Å². The Morgan fingerprint density at radius 3 is 2.39 bits per heavy atom. The molecule has 0 atom stereocenters. The normalized spacial score (nSPS) is 27.1. The highest BCUT2D eigenvalue weighted by molar-refractivity contribution is 5.99. The van der Waals surface area contributed by atoms with Gasteiger partial charge in [-0.2, -0.15) is 15.5 Å². The lowest BCUT2D eigenvalue weighted by Gasteiger charge is -2.66. The van der Waals surface area contributed by atoms with Gasteiger partial charge >= 0.3 is 0 Å². The van der Waals surface area contributed by atoms with Crippen molar-refractivity contribution in [2.24, 2.45) is 5.41 Å². The number of carbonyl (C=O) groups excluding carboxylic acids is 1. The number of nitrogens with one attached hydrogen (secondary N) is 1. The molecule has 36 heavy (non-hydrogen) atoms. The van der Waals surface area contributed by atoms with E-state index in [0.29, 0.717) is 28.8 Å². The number of aryl methyl sites for hydroxylation is 2. The van der Waals surface area contributed by atoms with E-state index in [1.54, 1.807) is 6.08 Å². The number of ether oxygens (including phenoxy) is 1. The zero-order valence-corrected chi connectivity index (χ0v) is 21.0. The van der Waals surface area contributed by atoms with Crippen LogP contribution in [0.15, 0.2) is 18.2 Å². The van der Waals surface area contributed by atoms with Gasteiger partial charge in [-0.15, -0.1) is 0 Å². The van der Waals surface area contributed by atoms with Crippen molar-refractivity contribution in [1.29, 1.82) is 10.5 Å². The molecule has 1 amide bonds. The Morgan fingerprint density at radius 2 is 1.81 bits per heavy atom. The number of allylic oxidation sites excluding steroid dienone is 1. The molecule has 182 valence electrons. The molecule has 1 aromatic heterocycles. The van der Waals surface area contributed by atoms with E-state index in [1.165, 1.54) is 6.08 Å². The lowest BCUT2D eigenvalue weighted by Crippen LogP contribution is -2.70. The second-order valence-electron chi connectivity index (χ2n) is 11.4. The van der Waals surface area contributed by atoms with E-state index in [4.69, 9.17) is 20.0 Å². The standard InChI is InChI=1S/C28H28N6O2/c1-16-10-18(6-5-9-29)11-17(2)22(16)36-23-20-21(24(35)34(19-7-8-19)26(20,3)4)31-25(32-23)33-28-12-27(13-28,14-28)15-30/h5-6,10-11,19H,7-8,12-14H2,1-4H3,(H,31,32,33)/b6-5+. The van der Waals surface area contributed by atoms with E-state index in [0.717, 1.165) is 48.8 Å². The third-order valence-electron chi connectivity index (χ3n) is 8.10. The first-order chi connectivity index (χ1) is 17.1. The Labute approximate surface area is 210 Å². The maximum atomic E-state index is 13.6. The quantitative estimate of drug-likeness (QED) is 0.570. The SMILES string of the molecule is Cc1cc(/C=C/C#N)cc(C)c1Oc1nc(NC23CC(C#N)(C2)C3)nc2c1C(C)(C)N(C1CC1)C2=O. The number of aromatic nitrogens is 2. The van der Waals surface area contributed by atoms with Gasteiger partial charge < -0.3 is 15.0 Å². The first kappa shape index (κ1) is 22.5. The predicted molar refractivity (Wildman–Crippen MR) is 133 cm³/mol. The molecule has 2 aromatic rings. The molecule has 2 heterocycles. The average Bonchev–Trinajstić information content (AvgIpc) is 3.57. The number of amides is 1. The Hall–Kier alpha value is -3.91. The number of nitriles is 2. The summed E-state index contributed by atoms with van der Waals surface area (Å²) in [5.41, 5.74) is 2.86. The van der Waals surface area contributed by atoms with Gasteiger partial charge in [-0.05, 0) is 94.7 Å². The third-order valence-corrected chi connectivity index (χ3v) is 8.10. The number of rotatable bonds is 6. The van der Waals surface area contributed by atoms with Gasteiger partial charge in [-0.25, -0.2) is 4.98 Å². The molecule has 1 N–H and O–H groups in total. The van der Waals surface area contributed by atoms with Crippen molar-refractivity contribution < 1.29 is 9.53 Å². The van der Waals surface area contributed by atoms with Crippen LogP contribution in [0.3, 0.4) is 0 Å². The van der Waals surface area contributed by atoms with Crippen molar-refractivity contribution in [1.82, 2.24) is 14.9 Å². The zero-order chi connectivity index (χ0) is 25.5. The van der Waals surface area contributed by atoms with Crippen LogP contribution < -0.4 is 10.1 Å². The fourth-order valence-corrected chi connectivity index (χ4v) is 6.47. The molecule has 8 nitrogen and oxygen atoms in total. The smallest absolute Gasteiger partial charge is 0.274 e. The lowest BCUT2D eigenvalue weighted by molar-refractivity contribution is -0.0665. The van der Waals surface area contributed by atoms with Crippen molar-refractivity contribution in [3.05, 3.63) is 46.2 Å². The molecule has 4 fully saturated rings. The summed E-state index contributed by atoms with van der Waals surface area (Å²) in [7, 11) is 0. The van der Waals surface area contributed by atoms with Gasteiger partial charge in [-0.1, -0.05) is 0 Å². The summed E-state index contributed by atoms with van der Waals surface area (Å²) in [5.74, 6) is 1.36. The van der Waals surface area contributed by atoms with Crippen molar-refractivity contribution in [3.8, 4) is 23.8 Å². The Balaban J connectivity index is 1.41. The minimum atomic E-state index is -0.597. The van der Waals surface area contributed by atoms with E-state index < -0.39 is 5.54 Å². The molecule has 0 saturated heterocycles. The van der Waals surface area contributed by atoms with Crippen LogP contribution in [-0.2, 0) is 5.54 Å². The second-order valence-corrected chi connectivity index (χ2v) is 11.4. The molecule has 7 rings (SSSR count). The van der Waals surface area contributed by atoms with Crippen molar-refractivity contribution in [2.75, 3.05) is 5.32 Å². The molecular formula is C28H28N6O2. The fraction of sp³-hybridized carbons (Fsp3) is 0.464. The van der Waals surface area contributed by atoms with E-state index >= 15 is 0 Å². The number of hydrogen-bond donors (Lipinski definition) is 1. The number of carbonyl (C=O) groups is 1. The highest BCUT2D eigenvalue weighted by atomic mass is 16.5. The number of hydrogen-bond acceptors (Lipinski definition) is 7. The number of benzene rings is 1. The summed E-state index contributed by atoms with van der Waals surface area (Å²) in [6, 6.07) is 8.59. The van der Waals surface area contributed by atoms with E-state index in [-0.39, 0.29) is 22.9 Å². The van der Waals surface area contributed by atoms with Crippen LogP contribution in [0.2, 0.25) is 0 Å².